The van der Waals surface area contributed by atoms with Gasteiger partial charge in [-0.05, 0) is 42.8 Å². The highest BCUT2D eigenvalue weighted by Crippen LogP contribution is 2.55. The fourth-order valence-corrected chi connectivity index (χ4v) is 5.64. The number of rotatable bonds is 5. The lowest BCUT2D eigenvalue weighted by Gasteiger charge is -2.33. The minimum absolute atomic E-state index is 0.132. The van der Waals surface area contributed by atoms with Crippen molar-refractivity contribution >= 4 is 40.9 Å². The summed E-state index contributed by atoms with van der Waals surface area (Å²) in [6, 6.07) is 18.5. The van der Waals surface area contributed by atoms with Gasteiger partial charge in [0.05, 0.1) is 24.2 Å². The average Bonchev–Trinajstić information content (AvgIpc) is 3.48. The largest absolute Gasteiger partial charge is 0.467 e. The van der Waals surface area contributed by atoms with Crippen LogP contribution in [0.15, 0.2) is 71.3 Å². The fourth-order valence-electron chi connectivity index (χ4n) is 4.28. The molecule has 162 valence electrons. The van der Waals surface area contributed by atoms with Crippen molar-refractivity contribution in [2.45, 2.75) is 18.3 Å². The summed E-state index contributed by atoms with van der Waals surface area (Å²) in [6.07, 6.45) is 1.54. The SMILES string of the molecule is Cc1cccc(N2C(=O)CS[C@@]23C(=O)N(CC(=O)NCc2ccco2)c2ccccc23)c1. The lowest BCUT2D eigenvalue weighted by atomic mass is 10.0. The van der Waals surface area contributed by atoms with Crippen LogP contribution < -0.4 is 15.1 Å². The van der Waals surface area contributed by atoms with E-state index >= 15 is 0 Å². The molecule has 2 aromatic carbocycles. The number of para-hydroxylation sites is 1. The van der Waals surface area contributed by atoms with Gasteiger partial charge in [-0.3, -0.25) is 24.2 Å². The van der Waals surface area contributed by atoms with E-state index in [9.17, 15) is 14.4 Å². The fraction of sp³-hybridized carbons (Fsp3) is 0.208. The van der Waals surface area contributed by atoms with Gasteiger partial charge in [0.2, 0.25) is 16.7 Å². The molecule has 0 bridgehead atoms. The number of amides is 3. The van der Waals surface area contributed by atoms with Crippen molar-refractivity contribution in [2.75, 3.05) is 22.1 Å². The van der Waals surface area contributed by atoms with Crippen molar-refractivity contribution in [3.05, 3.63) is 83.8 Å². The highest BCUT2D eigenvalue weighted by Gasteiger charge is 2.61. The zero-order chi connectivity index (χ0) is 22.3. The van der Waals surface area contributed by atoms with Gasteiger partial charge in [-0.25, -0.2) is 0 Å². The predicted molar refractivity (Wildman–Crippen MR) is 122 cm³/mol. The molecule has 2 aliphatic rings. The smallest absolute Gasteiger partial charge is 0.269 e. The molecule has 0 radical (unpaired) electrons. The van der Waals surface area contributed by atoms with Gasteiger partial charge in [-0.15, -0.1) is 11.8 Å². The summed E-state index contributed by atoms with van der Waals surface area (Å²) in [4.78, 5) is 41.4. The molecule has 1 saturated heterocycles. The molecule has 0 saturated carbocycles. The number of thioether (sulfide) groups is 1. The summed E-state index contributed by atoms with van der Waals surface area (Å²) >= 11 is 1.30. The molecule has 32 heavy (non-hydrogen) atoms. The van der Waals surface area contributed by atoms with Crippen LogP contribution in [0.5, 0.6) is 0 Å². The van der Waals surface area contributed by atoms with Gasteiger partial charge in [0.25, 0.3) is 5.91 Å². The molecule has 1 N–H and O–H groups in total. The first kappa shape index (κ1) is 20.4. The van der Waals surface area contributed by atoms with Crippen molar-refractivity contribution in [3.8, 4) is 0 Å². The molecule has 3 amide bonds. The topological polar surface area (TPSA) is 82.9 Å². The third kappa shape index (κ3) is 3.18. The molecule has 1 aromatic heterocycles. The molecule has 1 spiro atoms. The van der Waals surface area contributed by atoms with Crippen LogP contribution in [-0.4, -0.2) is 30.0 Å². The molecule has 8 heteroatoms. The molecule has 2 aliphatic heterocycles. The molecular weight excluding hydrogens is 426 g/mol. The Balaban J connectivity index is 1.49. The number of fused-ring (bicyclic) bond motifs is 2. The maximum Gasteiger partial charge on any atom is 0.269 e. The monoisotopic (exact) mass is 447 g/mol. The van der Waals surface area contributed by atoms with E-state index in [1.165, 1.54) is 16.7 Å². The van der Waals surface area contributed by atoms with E-state index in [4.69, 9.17) is 4.42 Å². The van der Waals surface area contributed by atoms with Gasteiger partial charge in [0.15, 0.2) is 0 Å². The van der Waals surface area contributed by atoms with Gasteiger partial charge in [-0.1, -0.05) is 30.3 Å². The second-order valence-electron chi connectivity index (χ2n) is 7.77. The number of hydrogen-bond acceptors (Lipinski definition) is 5. The second-order valence-corrected chi connectivity index (χ2v) is 8.93. The first-order valence-electron chi connectivity index (χ1n) is 10.2. The van der Waals surface area contributed by atoms with Crippen LogP contribution in [-0.2, 0) is 25.8 Å². The molecule has 3 aromatic rings. The minimum atomic E-state index is -1.22. The molecular formula is C24H21N3O4S. The lowest BCUT2D eigenvalue weighted by molar-refractivity contribution is -0.125. The van der Waals surface area contributed by atoms with E-state index in [-0.39, 0.29) is 36.6 Å². The van der Waals surface area contributed by atoms with E-state index in [1.54, 1.807) is 23.3 Å². The van der Waals surface area contributed by atoms with Crippen LogP contribution in [0.2, 0.25) is 0 Å². The van der Waals surface area contributed by atoms with Crippen LogP contribution in [0.3, 0.4) is 0 Å². The molecule has 3 heterocycles. The number of hydrogen-bond donors (Lipinski definition) is 1. The van der Waals surface area contributed by atoms with Crippen LogP contribution >= 0.6 is 11.8 Å². The van der Waals surface area contributed by atoms with Crippen molar-refractivity contribution in [1.29, 1.82) is 0 Å². The van der Waals surface area contributed by atoms with Crippen molar-refractivity contribution in [3.63, 3.8) is 0 Å². The number of nitrogens with one attached hydrogen (secondary N) is 1. The van der Waals surface area contributed by atoms with Crippen molar-refractivity contribution in [2.24, 2.45) is 0 Å². The van der Waals surface area contributed by atoms with Gasteiger partial charge >= 0.3 is 0 Å². The number of nitrogens with zero attached hydrogens (tertiary/aromatic N) is 2. The highest BCUT2D eigenvalue weighted by atomic mass is 32.2. The maximum atomic E-state index is 13.9. The van der Waals surface area contributed by atoms with Gasteiger partial charge in [0, 0.05) is 11.3 Å². The summed E-state index contributed by atoms with van der Waals surface area (Å²) in [5.41, 5.74) is 3.04. The Hall–Kier alpha value is -3.52. The minimum Gasteiger partial charge on any atom is -0.467 e. The molecule has 1 atom stereocenters. The summed E-state index contributed by atoms with van der Waals surface area (Å²) in [5, 5.41) is 2.79. The third-order valence-electron chi connectivity index (χ3n) is 5.67. The van der Waals surface area contributed by atoms with Gasteiger partial charge < -0.3 is 9.73 Å². The summed E-state index contributed by atoms with van der Waals surface area (Å²) in [6.45, 7) is 2.04. The van der Waals surface area contributed by atoms with E-state index in [2.05, 4.69) is 5.32 Å². The Morgan fingerprint density at radius 3 is 2.75 bits per heavy atom. The first-order valence-corrected chi connectivity index (χ1v) is 11.2. The van der Waals surface area contributed by atoms with Crippen LogP contribution in [0.4, 0.5) is 11.4 Å². The summed E-state index contributed by atoms with van der Waals surface area (Å²) in [7, 11) is 0. The highest BCUT2D eigenvalue weighted by molar-refractivity contribution is 8.02. The Bertz CT molecular complexity index is 1210. The van der Waals surface area contributed by atoms with Gasteiger partial charge in [-0.2, -0.15) is 0 Å². The quantitative estimate of drug-likeness (QED) is 0.650. The van der Waals surface area contributed by atoms with Gasteiger partial charge in [0.1, 0.15) is 12.3 Å². The molecule has 7 nitrogen and oxygen atoms in total. The summed E-state index contributed by atoms with van der Waals surface area (Å²) < 4.78 is 5.25. The van der Waals surface area contributed by atoms with Crippen molar-refractivity contribution in [1.82, 2.24) is 5.32 Å². The zero-order valence-electron chi connectivity index (χ0n) is 17.4. The van der Waals surface area contributed by atoms with E-state index < -0.39 is 4.87 Å². The van der Waals surface area contributed by atoms with Crippen LogP contribution in [0.25, 0.3) is 0 Å². The zero-order valence-corrected chi connectivity index (χ0v) is 18.2. The number of furan rings is 1. The van der Waals surface area contributed by atoms with Crippen LogP contribution in [0, 0.1) is 6.92 Å². The Morgan fingerprint density at radius 1 is 1.12 bits per heavy atom. The van der Waals surface area contributed by atoms with Crippen molar-refractivity contribution < 1.29 is 18.8 Å². The number of carbonyl (C=O) groups excluding carboxylic acids is 3. The average molecular weight is 448 g/mol. The number of aryl methyl sites for hydroxylation is 1. The molecule has 1 fully saturated rings. The van der Waals surface area contributed by atoms with Crippen LogP contribution in [0.1, 0.15) is 16.9 Å². The Morgan fingerprint density at radius 2 is 1.97 bits per heavy atom. The number of carbonyl (C=O) groups is 3. The normalized spacial score (nSPS) is 19.7. The predicted octanol–water partition coefficient (Wildman–Crippen LogP) is 3.18. The van der Waals surface area contributed by atoms with E-state index in [1.807, 2.05) is 55.5 Å². The molecule has 0 unspecified atom stereocenters. The lowest BCUT2D eigenvalue weighted by Crippen LogP contribution is -2.51. The first-order chi connectivity index (χ1) is 15.5. The number of benzene rings is 2. The van der Waals surface area contributed by atoms with E-state index in [0.29, 0.717) is 17.1 Å². The third-order valence-corrected chi connectivity index (χ3v) is 7.05. The second kappa shape index (κ2) is 7.87. The molecule has 5 rings (SSSR count). The molecule has 0 aliphatic carbocycles. The number of anilines is 2. The Labute approximate surface area is 189 Å². The standard InChI is InChI=1S/C24H21N3O4S/c1-16-6-4-7-17(12-16)27-22(29)15-32-24(27)19-9-2-3-10-20(19)26(23(24)30)14-21(28)25-13-18-8-5-11-31-18/h2-12H,13-15H2,1H3,(H,25,28)/t24-/m0/s1. The maximum absolute atomic E-state index is 13.9. The Kier molecular flexibility index (Phi) is 5.01. The summed E-state index contributed by atoms with van der Waals surface area (Å²) in [5.74, 6) is 0.0904. The van der Waals surface area contributed by atoms with E-state index in [0.717, 1.165) is 11.1 Å².